The van der Waals surface area contributed by atoms with Crippen LogP contribution in [0.4, 0.5) is 0 Å². The van der Waals surface area contributed by atoms with Crippen molar-refractivity contribution in [2.45, 2.75) is 40.0 Å². The fraction of sp³-hybridized carbons (Fsp3) is 0.269. The SMILES string of the molecule is CC(C)Cc1ccc2cnc(-c3cccc4cccc(C(C)C)c34)cc2c1. The number of fused-ring (bicyclic) bond motifs is 2. The van der Waals surface area contributed by atoms with Gasteiger partial charge in [-0.15, -0.1) is 0 Å². The molecule has 0 bridgehead atoms. The summed E-state index contributed by atoms with van der Waals surface area (Å²) in [5.41, 5.74) is 5.07. The maximum atomic E-state index is 4.82. The second-order valence-electron chi connectivity index (χ2n) is 8.25. The first-order chi connectivity index (χ1) is 13.0. The van der Waals surface area contributed by atoms with Gasteiger partial charge in [-0.25, -0.2) is 0 Å². The van der Waals surface area contributed by atoms with Crippen molar-refractivity contribution in [2.24, 2.45) is 5.92 Å². The standard InChI is InChI=1S/C26H27N/c1-17(2)13-19-11-12-21-16-27-25(15-22(21)14-19)24-10-6-8-20-7-5-9-23(18(3)4)26(20)24/h5-12,14-18H,13H2,1-4H3. The lowest BCUT2D eigenvalue weighted by Gasteiger charge is -2.14. The highest BCUT2D eigenvalue weighted by molar-refractivity contribution is 6.00. The molecular formula is C26H27N. The van der Waals surface area contributed by atoms with E-state index in [9.17, 15) is 0 Å². The topological polar surface area (TPSA) is 12.9 Å². The summed E-state index contributed by atoms with van der Waals surface area (Å²) in [5, 5.41) is 5.10. The lowest BCUT2D eigenvalue weighted by molar-refractivity contribution is 0.648. The van der Waals surface area contributed by atoms with Crippen molar-refractivity contribution in [1.29, 1.82) is 0 Å². The Morgan fingerprint density at radius 1 is 0.778 bits per heavy atom. The molecule has 0 aliphatic carbocycles. The van der Waals surface area contributed by atoms with Crippen molar-refractivity contribution in [3.63, 3.8) is 0 Å². The minimum atomic E-state index is 0.480. The van der Waals surface area contributed by atoms with Crippen LogP contribution in [0.2, 0.25) is 0 Å². The van der Waals surface area contributed by atoms with Crippen molar-refractivity contribution < 1.29 is 0 Å². The second kappa shape index (κ2) is 7.15. The minimum Gasteiger partial charge on any atom is -0.256 e. The molecule has 3 aromatic carbocycles. The van der Waals surface area contributed by atoms with Crippen LogP contribution in [0.1, 0.15) is 44.7 Å². The van der Waals surface area contributed by atoms with Crippen molar-refractivity contribution in [2.75, 3.05) is 0 Å². The molecular weight excluding hydrogens is 326 g/mol. The Labute approximate surface area is 162 Å². The van der Waals surface area contributed by atoms with Gasteiger partial charge < -0.3 is 0 Å². The highest BCUT2D eigenvalue weighted by atomic mass is 14.7. The Morgan fingerprint density at radius 3 is 2.30 bits per heavy atom. The van der Waals surface area contributed by atoms with Crippen LogP contribution in [0.15, 0.2) is 66.9 Å². The monoisotopic (exact) mass is 353 g/mol. The highest BCUT2D eigenvalue weighted by Crippen LogP contribution is 2.34. The van der Waals surface area contributed by atoms with E-state index in [1.165, 1.54) is 38.2 Å². The second-order valence-corrected chi connectivity index (χ2v) is 8.25. The van der Waals surface area contributed by atoms with Gasteiger partial charge in [-0.3, -0.25) is 4.98 Å². The maximum Gasteiger partial charge on any atom is 0.0714 e. The lowest BCUT2D eigenvalue weighted by Crippen LogP contribution is -1.95. The Bertz CT molecular complexity index is 1100. The van der Waals surface area contributed by atoms with Crippen LogP contribution in [-0.2, 0) is 6.42 Å². The number of aromatic nitrogens is 1. The molecule has 1 heterocycles. The Balaban J connectivity index is 1.91. The summed E-state index contributed by atoms with van der Waals surface area (Å²) in [6.07, 6.45) is 3.13. The van der Waals surface area contributed by atoms with Gasteiger partial charge in [0.15, 0.2) is 0 Å². The molecule has 0 amide bonds. The van der Waals surface area contributed by atoms with E-state index in [4.69, 9.17) is 4.98 Å². The molecule has 1 heteroatoms. The van der Waals surface area contributed by atoms with Gasteiger partial charge in [0, 0.05) is 17.1 Å². The first kappa shape index (κ1) is 17.7. The maximum absolute atomic E-state index is 4.82. The minimum absolute atomic E-state index is 0.480. The lowest BCUT2D eigenvalue weighted by atomic mass is 9.91. The number of hydrogen-bond donors (Lipinski definition) is 0. The van der Waals surface area contributed by atoms with E-state index in [2.05, 4.69) is 88.4 Å². The third kappa shape index (κ3) is 3.47. The predicted octanol–water partition coefficient (Wildman–Crippen LogP) is 7.38. The van der Waals surface area contributed by atoms with Crippen LogP contribution in [0.25, 0.3) is 32.8 Å². The molecule has 1 aromatic heterocycles. The molecule has 0 unspecified atom stereocenters. The number of hydrogen-bond acceptors (Lipinski definition) is 1. The van der Waals surface area contributed by atoms with Gasteiger partial charge >= 0.3 is 0 Å². The van der Waals surface area contributed by atoms with Crippen LogP contribution >= 0.6 is 0 Å². The fourth-order valence-electron chi connectivity index (χ4n) is 4.00. The zero-order chi connectivity index (χ0) is 19.0. The van der Waals surface area contributed by atoms with Crippen molar-refractivity contribution in [3.05, 3.63) is 78.0 Å². The molecule has 27 heavy (non-hydrogen) atoms. The van der Waals surface area contributed by atoms with Gasteiger partial charge in [-0.05, 0) is 51.6 Å². The molecule has 0 radical (unpaired) electrons. The zero-order valence-electron chi connectivity index (χ0n) is 16.7. The van der Waals surface area contributed by atoms with Gasteiger partial charge in [-0.2, -0.15) is 0 Å². The Hall–Kier alpha value is -2.67. The first-order valence-electron chi connectivity index (χ1n) is 9.93. The summed E-state index contributed by atoms with van der Waals surface area (Å²) in [6, 6.07) is 22.2. The number of benzene rings is 3. The zero-order valence-corrected chi connectivity index (χ0v) is 16.7. The number of nitrogens with zero attached hydrogens (tertiary/aromatic N) is 1. The van der Waals surface area contributed by atoms with E-state index in [0.29, 0.717) is 11.8 Å². The summed E-state index contributed by atoms with van der Waals surface area (Å²) >= 11 is 0. The van der Waals surface area contributed by atoms with Gasteiger partial charge in [-0.1, -0.05) is 82.3 Å². The quantitative estimate of drug-likeness (QED) is 0.373. The molecule has 0 spiro atoms. The summed E-state index contributed by atoms with van der Waals surface area (Å²) in [4.78, 5) is 4.82. The van der Waals surface area contributed by atoms with Gasteiger partial charge in [0.1, 0.15) is 0 Å². The predicted molar refractivity (Wildman–Crippen MR) is 117 cm³/mol. The molecule has 0 saturated heterocycles. The Morgan fingerprint density at radius 2 is 1.56 bits per heavy atom. The van der Waals surface area contributed by atoms with E-state index < -0.39 is 0 Å². The van der Waals surface area contributed by atoms with Gasteiger partial charge in [0.25, 0.3) is 0 Å². The summed E-state index contributed by atoms with van der Waals surface area (Å²) in [6.45, 7) is 9.06. The molecule has 0 aliphatic rings. The number of pyridine rings is 1. The molecule has 0 saturated carbocycles. The molecule has 0 atom stereocenters. The smallest absolute Gasteiger partial charge is 0.0714 e. The largest absolute Gasteiger partial charge is 0.256 e. The highest BCUT2D eigenvalue weighted by Gasteiger charge is 2.12. The van der Waals surface area contributed by atoms with Gasteiger partial charge in [0.2, 0.25) is 0 Å². The first-order valence-corrected chi connectivity index (χ1v) is 9.93. The van der Waals surface area contributed by atoms with Crippen LogP contribution in [0.5, 0.6) is 0 Å². The average Bonchev–Trinajstić information content (AvgIpc) is 2.66. The van der Waals surface area contributed by atoms with Crippen molar-refractivity contribution >= 4 is 21.5 Å². The van der Waals surface area contributed by atoms with Gasteiger partial charge in [0.05, 0.1) is 5.69 Å². The summed E-state index contributed by atoms with van der Waals surface area (Å²) < 4.78 is 0. The normalized spacial score (nSPS) is 11.8. The summed E-state index contributed by atoms with van der Waals surface area (Å²) in [5.74, 6) is 1.14. The average molecular weight is 354 g/mol. The third-order valence-electron chi connectivity index (χ3n) is 5.26. The van der Waals surface area contributed by atoms with E-state index in [1.54, 1.807) is 0 Å². The number of rotatable bonds is 4. The van der Waals surface area contributed by atoms with Crippen LogP contribution in [0.3, 0.4) is 0 Å². The van der Waals surface area contributed by atoms with Crippen LogP contribution in [-0.4, -0.2) is 4.98 Å². The van der Waals surface area contributed by atoms with E-state index >= 15 is 0 Å². The van der Waals surface area contributed by atoms with E-state index in [-0.39, 0.29) is 0 Å². The van der Waals surface area contributed by atoms with Crippen molar-refractivity contribution in [3.8, 4) is 11.3 Å². The molecule has 0 aliphatic heterocycles. The Kier molecular flexibility index (Phi) is 4.70. The molecule has 0 N–H and O–H groups in total. The van der Waals surface area contributed by atoms with E-state index in [0.717, 1.165) is 12.1 Å². The van der Waals surface area contributed by atoms with Crippen LogP contribution < -0.4 is 0 Å². The molecule has 4 aromatic rings. The fourth-order valence-corrected chi connectivity index (χ4v) is 4.00. The third-order valence-corrected chi connectivity index (χ3v) is 5.26. The summed E-state index contributed by atoms with van der Waals surface area (Å²) in [7, 11) is 0. The van der Waals surface area contributed by atoms with Crippen molar-refractivity contribution in [1.82, 2.24) is 4.98 Å². The van der Waals surface area contributed by atoms with Crippen LogP contribution in [0, 0.1) is 5.92 Å². The molecule has 4 rings (SSSR count). The molecule has 1 nitrogen and oxygen atoms in total. The molecule has 0 fully saturated rings. The van der Waals surface area contributed by atoms with E-state index in [1.807, 2.05) is 6.20 Å². The molecule has 136 valence electrons.